The number of rotatable bonds is 14. The van der Waals surface area contributed by atoms with Crippen LogP contribution < -0.4 is 0 Å². The summed E-state index contributed by atoms with van der Waals surface area (Å²) < 4.78 is 10.6. The first kappa shape index (κ1) is 21.6. The van der Waals surface area contributed by atoms with Crippen molar-refractivity contribution in [3.8, 4) is 0 Å². The summed E-state index contributed by atoms with van der Waals surface area (Å²) in [5.74, 6) is 0. The monoisotopic (exact) mass is 344 g/mol. The Bertz CT molecular complexity index is 321. The van der Waals surface area contributed by atoms with E-state index in [1.807, 2.05) is 0 Å². The molecule has 142 valence electrons. The lowest BCUT2D eigenvalue weighted by molar-refractivity contribution is -0.0806. The average molecular weight is 344 g/mol. The van der Waals surface area contributed by atoms with Crippen LogP contribution in [-0.4, -0.2) is 59.6 Å². The fourth-order valence-electron chi connectivity index (χ4n) is 2.87. The summed E-state index contributed by atoms with van der Waals surface area (Å²) in [4.78, 5) is 0. The maximum Gasteiger partial charge on any atom is 0.114 e. The second-order valence-electron chi connectivity index (χ2n) is 6.67. The molecular formula is C19H36O5. The van der Waals surface area contributed by atoms with Gasteiger partial charge in [-0.2, -0.15) is 0 Å². The number of ether oxygens (including phenoxy) is 2. The van der Waals surface area contributed by atoms with Gasteiger partial charge in [0.05, 0.1) is 19.8 Å². The summed E-state index contributed by atoms with van der Waals surface area (Å²) in [6.07, 6.45) is 12.0. The van der Waals surface area contributed by atoms with Crippen molar-refractivity contribution in [1.29, 1.82) is 0 Å². The van der Waals surface area contributed by atoms with E-state index in [0.29, 0.717) is 6.61 Å². The van der Waals surface area contributed by atoms with Gasteiger partial charge >= 0.3 is 0 Å². The van der Waals surface area contributed by atoms with Crippen molar-refractivity contribution in [1.82, 2.24) is 0 Å². The third-order valence-corrected chi connectivity index (χ3v) is 4.43. The van der Waals surface area contributed by atoms with Gasteiger partial charge in [0.15, 0.2) is 0 Å². The molecule has 0 aromatic carbocycles. The minimum Gasteiger partial charge on any atom is -0.388 e. The Kier molecular flexibility index (Phi) is 12.4. The molecule has 1 aliphatic rings. The molecule has 0 unspecified atom stereocenters. The lowest BCUT2D eigenvalue weighted by Crippen LogP contribution is -2.40. The molecule has 0 aromatic heterocycles. The van der Waals surface area contributed by atoms with E-state index in [-0.39, 0.29) is 13.2 Å². The van der Waals surface area contributed by atoms with Gasteiger partial charge in [0.1, 0.15) is 24.4 Å². The molecule has 1 aliphatic heterocycles. The fourth-order valence-corrected chi connectivity index (χ4v) is 2.87. The van der Waals surface area contributed by atoms with Crippen LogP contribution in [0.15, 0.2) is 12.2 Å². The van der Waals surface area contributed by atoms with Crippen LogP contribution in [0.5, 0.6) is 0 Å². The number of hydrogen-bond donors (Lipinski definition) is 3. The smallest absolute Gasteiger partial charge is 0.114 e. The Labute approximate surface area is 146 Å². The summed E-state index contributed by atoms with van der Waals surface area (Å²) in [5, 5.41) is 28.9. The summed E-state index contributed by atoms with van der Waals surface area (Å²) in [5.41, 5.74) is 0. The third kappa shape index (κ3) is 9.14. The molecule has 24 heavy (non-hydrogen) atoms. The molecule has 0 spiro atoms. The van der Waals surface area contributed by atoms with Gasteiger partial charge in [-0.1, -0.05) is 57.6 Å². The Balaban J connectivity index is 1.89. The SMILES string of the molecule is CCCCCCCCC/C=C/CCOC[C@@H](O)[C@@H]1OC[C@H](O)[C@@H]1O. The molecule has 0 bridgehead atoms. The fraction of sp³-hybridized carbons (Fsp3) is 0.895. The highest BCUT2D eigenvalue weighted by Gasteiger charge is 2.39. The van der Waals surface area contributed by atoms with Gasteiger partial charge < -0.3 is 24.8 Å². The lowest BCUT2D eigenvalue weighted by Gasteiger charge is -2.20. The Morgan fingerprint density at radius 3 is 2.38 bits per heavy atom. The largest absolute Gasteiger partial charge is 0.388 e. The maximum absolute atomic E-state index is 9.88. The summed E-state index contributed by atoms with van der Waals surface area (Å²) in [6, 6.07) is 0. The summed E-state index contributed by atoms with van der Waals surface area (Å²) in [7, 11) is 0. The first-order chi connectivity index (χ1) is 11.7. The van der Waals surface area contributed by atoms with E-state index in [4.69, 9.17) is 9.47 Å². The molecule has 5 heteroatoms. The van der Waals surface area contributed by atoms with Crippen LogP contribution in [0, 0.1) is 0 Å². The van der Waals surface area contributed by atoms with Gasteiger partial charge in [0.25, 0.3) is 0 Å². The van der Waals surface area contributed by atoms with Crippen LogP contribution in [0.4, 0.5) is 0 Å². The molecule has 0 amide bonds. The van der Waals surface area contributed by atoms with Gasteiger partial charge in [-0.25, -0.2) is 0 Å². The number of allylic oxidation sites excluding steroid dienone is 1. The number of unbranched alkanes of at least 4 members (excludes halogenated alkanes) is 7. The van der Waals surface area contributed by atoms with Crippen LogP contribution >= 0.6 is 0 Å². The topological polar surface area (TPSA) is 79.2 Å². The van der Waals surface area contributed by atoms with Crippen molar-refractivity contribution in [3.63, 3.8) is 0 Å². The summed E-state index contributed by atoms with van der Waals surface area (Å²) in [6.45, 7) is 2.95. The van der Waals surface area contributed by atoms with Gasteiger partial charge in [-0.05, 0) is 19.3 Å². The van der Waals surface area contributed by atoms with Crippen LogP contribution in [0.3, 0.4) is 0 Å². The zero-order valence-corrected chi connectivity index (χ0v) is 15.1. The zero-order chi connectivity index (χ0) is 17.6. The minimum atomic E-state index is -1.04. The predicted octanol–water partition coefficient (Wildman–Crippen LogP) is 2.57. The van der Waals surface area contributed by atoms with Crippen molar-refractivity contribution >= 4 is 0 Å². The average Bonchev–Trinajstić information content (AvgIpc) is 2.91. The van der Waals surface area contributed by atoms with Crippen molar-refractivity contribution in [2.24, 2.45) is 0 Å². The van der Waals surface area contributed by atoms with E-state index in [0.717, 1.165) is 12.8 Å². The lowest BCUT2D eigenvalue weighted by atomic mass is 10.1. The van der Waals surface area contributed by atoms with Gasteiger partial charge in [-0.15, -0.1) is 0 Å². The molecule has 5 nitrogen and oxygen atoms in total. The highest BCUT2D eigenvalue weighted by Crippen LogP contribution is 2.17. The molecule has 0 aliphatic carbocycles. The Morgan fingerprint density at radius 2 is 1.71 bits per heavy atom. The van der Waals surface area contributed by atoms with Gasteiger partial charge in [0.2, 0.25) is 0 Å². The first-order valence-corrected chi connectivity index (χ1v) is 9.55. The van der Waals surface area contributed by atoms with Gasteiger partial charge in [-0.3, -0.25) is 0 Å². The van der Waals surface area contributed by atoms with Crippen molar-refractivity contribution < 1.29 is 24.8 Å². The molecular weight excluding hydrogens is 308 g/mol. The Morgan fingerprint density at radius 1 is 1.04 bits per heavy atom. The third-order valence-electron chi connectivity index (χ3n) is 4.43. The minimum absolute atomic E-state index is 0.0598. The van der Waals surface area contributed by atoms with Crippen LogP contribution in [0.2, 0.25) is 0 Å². The number of aliphatic hydroxyl groups is 3. The van der Waals surface area contributed by atoms with Crippen LogP contribution in [0.1, 0.15) is 64.7 Å². The van der Waals surface area contributed by atoms with E-state index in [1.54, 1.807) is 0 Å². The molecule has 1 fully saturated rings. The standard InChI is InChI=1S/C19H36O5/c1-2-3-4-5-6-7-8-9-10-11-12-13-23-14-17(21)19-18(22)16(20)15-24-19/h10-11,16-22H,2-9,12-15H2,1H3/b11-10+/t16-,17+,18-,19-/m0/s1. The quantitative estimate of drug-likeness (QED) is 0.333. The molecule has 0 saturated carbocycles. The van der Waals surface area contributed by atoms with E-state index < -0.39 is 24.4 Å². The molecule has 1 saturated heterocycles. The molecule has 4 atom stereocenters. The maximum atomic E-state index is 9.88. The predicted molar refractivity (Wildman–Crippen MR) is 94.9 cm³/mol. The van der Waals surface area contributed by atoms with E-state index in [2.05, 4.69) is 19.1 Å². The van der Waals surface area contributed by atoms with Crippen LogP contribution in [0.25, 0.3) is 0 Å². The number of aliphatic hydroxyl groups excluding tert-OH is 3. The molecule has 0 aromatic rings. The van der Waals surface area contributed by atoms with Gasteiger partial charge in [0, 0.05) is 0 Å². The van der Waals surface area contributed by atoms with E-state index in [1.165, 1.54) is 44.9 Å². The second kappa shape index (κ2) is 13.8. The first-order valence-electron chi connectivity index (χ1n) is 9.55. The van der Waals surface area contributed by atoms with Crippen molar-refractivity contribution in [3.05, 3.63) is 12.2 Å². The van der Waals surface area contributed by atoms with Crippen LogP contribution in [-0.2, 0) is 9.47 Å². The molecule has 0 radical (unpaired) electrons. The highest BCUT2D eigenvalue weighted by atomic mass is 16.5. The summed E-state index contributed by atoms with van der Waals surface area (Å²) >= 11 is 0. The van der Waals surface area contributed by atoms with E-state index in [9.17, 15) is 15.3 Å². The number of hydrogen-bond acceptors (Lipinski definition) is 5. The normalized spacial score (nSPS) is 25.6. The van der Waals surface area contributed by atoms with E-state index >= 15 is 0 Å². The molecule has 1 rings (SSSR count). The Hall–Kier alpha value is -0.460. The molecule has 3 N–H and O–H groups in total. The van der Waals surface area contributed by atoms with Crippen molar-refractivity contribution in [2.75, 3.05) is 19.8 Å². The zero-order valence-electron chi connectivity index (χ0n) is 15.1. The highest BCUT2D eigenvalue weighted by molar-refractivity contribution is 4.88. The van der Waals surface area contributed by atoms with Crippen molar-refractivity contribution in [2.45, 2.75) is 89.1 Å². The second-order valence-corrected chi connectivity index (χ2v) is 6.67. The molecule has 1 heterocycles.